The number of hydrogen-bond acceptors (Lipinski definition) is 4. The molecule has 0 saturated heterocycles. The molecule has 0 atom stereocenters. The van der Waals surface area contributed by atoms with Gasteiger partial charge < -0.3 is 0 Å². The van der Waals surface area contributed by atoms with Gasteiger partial charge in [-0.2, -0.15) is 0 Å². The van der Waals surface area contributed by atoms with Crippen LogP contribution in [-0.2, 0) is 0 Å². The molecular weight excluding hydrogens is 615 g/mol. The van der Waals surface area contributed by atoms with Crippen molar-refractivity contribution in [3.63, 3.8) is 0 Å². The van der Waals surface area contributed by atoms with Crippen molar-refractivity contribution in [2.45, 2.75) is 0 Å². The second-order valence-electron chi connectivity index (χ2n) is 12.0. The molecule has 0 fully saturated rings. The minimum Gasteiger partial charge on any atom is -0.208 e. The smallest absolute Gasteiger partial charge is 0.165 e. The van der Waals surface area contributed by atoms with E-state index in [0.29, 0.717) is 11.6 Å². The van der Waals surface area contributed by atoms with Crippen molar-refractivity contribution in [3.8, 4) is 45.3 Å². The summed E-state index contributed by atoms with van der Waals surface area (Å²) >= 11 is 1.67. The summed E-state index contributed by atoms with van der Waals surface area (Å²) in [6, 6.07) is 43.8. The molecule has 4 heteroatoms. The minimum absolute atomic E-state index is 0.0190. The van der Waals surface area contributed by atoms with Gasteiger partial charge in [0.2, 0.25) is 0 Å². The van der Waals surface area contributed by atoms with Crippen LogP contribution < -0.4 is 0 Å². The Bertz CT molecular complexity index is 3120. The van der Waals surface area contributed by atoms with E-state index < -0.39 is 18.1 Å². The Kier molecular flexibility index (Phi) is 5.29. The maximum absolute atomic E-state index is 8.70. The Balaban J connectivity index is 1.20. The van der Waals surface area contributed by atoms with Gasteiger partial charge in [-0.15, -0.1) is 11.3 Å². The summed E-state index contributed by atoms with van der Waals surface area (Å²) in [5.74, 6) is 0.719. The van der Waals surface area contributed by atoms with E-state index in [2.05, 4.69) is 96.0 Å². The Labute approximate surface area is 293 Å². The van der Waals surface area contributed by atoms with Crippen LogP contribution in [0.15, 0.2) is 164 Å². The van der Waals surface area contributed by atoms with Crippen LogP contribution in [0.4, 0.5) is 0 Å². The SMILES string of the molecule is [2H]c1c([2H])c([2H])c(-c2nc(-c3ccccc3)nc(-c3cccc4c3sc3c(-c5ccc6c7ccccc7c7ccccc7c6c5)cccc34)n2)c([2H])c1[2H]. The Morgan fingerprint density at radius 1 is 0.367 bits per heavy atom. The number of rotatable bonds is 4. The molecule has 3 nitrogen and oxygen atoms in total. The molecule has 2 aromatic heterocycles. The van der Waals surface area contributed by atoms with Crippen LogP contribution >= 0.6 is 11.3 Å². The van der Waals surface area contributed by atoms with E-state index in [4.69, 9.17) is 16.8 Å². The maximum atomic E-state index is 8.70. The van der Waals surface area contributed by atoms with Crippen molar-refractivity contribution < 1.29 is 6.85 Å². The normalized spacial score (nSPS) is 13.1. The van der Waals surface area contributed by atoms with E-state index in [1.165, 1.54) is 32.3 Å². The third-order valence-electron chi connectivity index (χ3n) is 9.21. The monoisotopic (exact) mass is 646 g/mol. The lowest BCUT2D eigenvalue weighted by Gasteiger charge is -2.12. The number of aromatic nitrogens is 3. The summed E-state index contributed by atoms with van der Waals surface area (Å²) in [7, 11) is 0. The van der Waals surface area contributed by atoms with E-state index in [1.807, 2.05) is 42.5 Å². The third-order valence-corrected chi connectivity index (χ3v) is 10.5. The van der Waals surface area contributed by atoms with Crippen molar-refractivity contribution in [3.05, 3.63) is 164 Å². The zero-order valence-electron chi connectivity index (χ0n) is 31.0. The average Bonchev–Trinajstić information content (AvgIpc) is 3.62. The number of thiophene rings is 1. The predicted molar refractivity (Wildman–Crippen MR) is 207 cm³/mol. The molecule has 0 aliphatic carbocycles. The molecule has 10 rings (SSSR count). The first-order chi connectivity index (χ1) is 26.4. The third kappa shape index (κ3) is 4.53. The fourth-order valence-corrected chi connectivity index (χ4v) is 8.33. The van der Waals surface area contributed by atoms with E-state index >= 15 is 0 Å². The van der Waals surface area contributed by atoms with Gasteiger partial charge in [-0.1, -0.05) is 152 Å². The van der Waals surface area contributed by atoms with Gasteiger partial charge in [0.1, 0.15) is 0 Å². The fourth-order valence-electron chi connectivity index (χ4n) is 6.99. The van der Waals surface area contributed by atoms with Crippen molar-refractivity contribution in [1.82, 2.24) is 15.0 Å². The Morgan fingerprint density at radius 2 is 0.878 bits per heavy atom. The molecule has 0 N–H and O–H groups in total. The highest BCUT2D eigenvalue weighted by Crippen LogP contribution is 2.45. The molecule has 0 amide bonds. The molecule has 49 heavy (non-hydrogen) atoms. The molecule has 0 spiro atoms. The number of benzene rings is 8. The molecule has 0 unspecified atom stereocenters. The molecule has 0 aliphatic rings. The van der Waals surface area contributed by atoms with Gasteiger partial charge in [0, 0.05) is 36.9 Å². The van der Waals surface area contributed by atoms with E-state index in [1.54, 1.807) is 11.3 Å². The number of fused-ring (bicyclic) bond motifs is 9. The van der Waals surface area contributed by atoms with Crippen molar-refractivity contribution >= 4 is 63.8 Å². The van der Waals surface area contributed by atoms with Crippen molar-refractivity contribution in [2.24, 2.45) is 0 Å². The molecule has 2 heterocycles. The first-order valence-electron chi connectivity index (χ1n) is 18.5. The summed E-state index contributed by atoms with van der Waals surface area (Å²) in [5.41, 5.74) is 3.67. The molecule has 8 aromatic carbocycles. The zero-order chi connectivity index (χ0) is 36.7. The highest BCUT2D eigenvalue weighted by atomic mass is 32.1. The van der Waals surface area contributed by atoms with E-state index in [-0.39, 0.29) is 23.5 Å². The molecule has 10 aromatic rings. The van der Waals surface area contributed by atoms with Crippen LogP contribution in [0.25, 0.3) is 97.8 Å². The second-order valence-corrected chi connectivity index (χ2v) is 13.0. The van der Waals surface area contributed by atoms with Gasteiger partial charge in [0.15, 0.2) is 17.5 Å². The first-order valence-corrected chi connectivity index (χ1v) is 16.9. The Hall–Kier alpha value is -6.23. The molecule has 0 saturated carbocycles. The maximum Gasteiger partial charge on any atom is 0.165 e. The lowest BCUT2D eigenvalue weighted by atomic mass is 9.92. The number of nitrogens with zero attached hydrogens (tertiary/aromatic N) is 3. The van der Waals surface area contributed by atoms with Gasteiger partial charge in [0.05, 0.1) is 6.85 Å². The average molecular weight is 647 g/mol. The highest BCUT2D eigenvalue weighted by molar-refractivity contribution is 7.26. The van der Waals surface area contributed by atoms with E-state index in [0.717, 1.165) is 42.4 Å². The lowest BCUT2D eigenvalue weighted by Crippen LogP contribution is -2.00. The fraction of sp³-hybridized carbons (Fsp3) is 0. The van der Waals surface area contributed by atoms with Gasteiger partial charge in [-0.25, -0.2) is 15.0 Å². The summed E-state index contributed by atoms with van der Waals surface area (Å²) in [4.78, 5) is 14.5. The first kappa shape index (κ1) is 23.2. The predicted octanol–water partition coefficient (Wildman–Crippen LogP) is 12.4. The van der Waals surface area contributed by atoms with Gasteiger partial charge in [-0.05, 0) is 55.6 Å². The van der Waals surface area contributed by atoms with Crippen LogP contribution in [-0.4, -0.2) is 15.0 Å². The molecular formula is C45H27N3S. The number of hydrogen-bond donors (Lipinski definition) is 0. The zero-order valence-corrected chi connectivity index (χ0v) is 26.8. The second kappa shape index (κ2) is 11.2. The molecule has 0 radical (unpaired) electrons. The van der Waals surface area contributed by atoms with Crippen LogP contribution in [0.3, 0.4) is 0 Å². The van der Waals surface area contributed by atoms with Crippen LogP contribution in [0, 0.1) is 0 Å². The van der Waals surface area contributed by atoms with Crippen LogP contribution in [0.5, 0.6) is 0 Å². The quantitative estimate of drug-likeness (QED) is 0.179. The highest BCUT2D eigenvalue weighted by Gasteiger charge is 2.18. The topological polar surface area (TPSA) is 38.7 Å². The molecule has 0 aliphatic heterocycles. The van der Waals surface area contributed by atoms with Gasteiger partial charge in [-0.3, -0.25) is 0 Å². The summed E-state index contributed by atoms with van der Waals surface area (Å²) in [5, 5.41) is 9.53. The van der Waals surface area contributed by atoms with Crippen molar-refractivity contribution in [1.29, 1.82) is 0 Å². The lowest BCUT2D eigenvalue weighted by molar-refractivity contribution is 1.08. The van der Waals surface area contributed by atoms with Crippen molar-refractivity contribution in [2.75, 3.05) is 0 Å². The van der Waals surface area contributed by atoms with Crippen LogP contribution in [0.1, 0.15) is 6.85 Å². The van der Waals surface area contributed by atoms with Crippen LogP contribution in [0.2, 0.25) is 0 Å². The minimum atomic E-state index is -0.467. The standard InChI is InChI=1S/C45H27N3S/c1-3-13-28(14-4-1)43-46-44(29-15-5-2-6-16-29)48-45(47-43)39-24-12-23-38-37-22-11-21-31(41(37)49-42(38)39)30-25-26-36-34-19-8-7-17-32(34)33-18-9-10-20-35(33)40(36)27-30/h1-27H/i1D,3D,4D,13D,14D. The summed E-state index contributed by atoms with van der Waals surface area (Å²) < 4.78 is 44.3. The van der Waals surface area contributed by atoms with E-state index in [9.17, 15) is 0 Å². The largest absolute Gasteiger partial charge is 0.208 e. The summed E-state index contributed by atoms with van der Waals surface area (Å²) in [6.45, 7) is 0. The van der Waals surface area contributed by atoms with Gasteiger partial charge >= 0.3 is 0 Å². The van der Waals surface area contributed by atoms with Gasteiger partial charge in [0.25, 0.3) is 0 Å². The molecule has 228 valence electrons. The summed E-state index contributed by atoms with van der Waals surface area (Å²) in [6.07, 6.45) is 0. The Morgan fingerprint density at radius 3 is 1.55 bits per heavy atom. The molecule has 0 bridgehead atoms.